The second-order valence-electron chi connectivity index (χ2n) is 3.54. The Balaban J connectivity index is 1.97. The monoisotopic (exact) mass is 257 g/mol. The molecule has 0 unspecified atom stereocenters. The Labute approximate surface area is 109 Å². The highest BCUT2D eigenvalue weighted by Gasteiger charge is 2.06. The molecule has 0 bridgehead atoms. The zero-order valence-electron chi connectivity index (χ0n) is 10.00. The molecule has 0 saturated heterocycles. The molecule has 0 aliphatic heterocycles. The van der Waals surface area contributed by atoms with Crippen LogP contribution in [0.3, 0.4) is 0 Å². The summed E-state index contributed by atoms with van der Waals surface area (Å²) in [7, 11) is 0. The second-order valence-corrected chi connectivity index (χ2v) is 3.54. The molecule has 0 aliphatic rings. The lowest BCUT2D eigenvalue weighted by Crippen LogP contribution is -2.29. The van der Waals surface area contributed by atoms with Crippen LogP contribution in [0.1, 0.15) is 0 Å². The molecule has 0 aliphatic carbocycles. The van der Waals surface area contributed by atoms with Gasteiger partial charge in [-0.2, -0.15) is 0 Å². The van der Waals surface area contributed by atoms with Gasteiger partial charge in [-0.3, -0.25) is 4.79 Å². The van der Waals surface area contributed by atoms with E-state index in [4.69, 9.17) is 15.6 Å². The highest BCUT2D eigenvalue weighted by atomic mass is 16.5. The van der Waals surface area contributed by atoms with E-state index in [0.717, 1.165) is 5.56 Å². The summed E-state index contributed by atoms with van der Waals surface area (Å²) in [5.41, 5.74) is 0.721. The molecule has 2 aromatic rings. The first-order valence-electron chi connectivity index (χ1n) is 5.49. The number of nitrogens with zero attached hydrogens (tertiary/aromatic N) is 2. The predicted octanol–water partition coefficient (Wildman–Crippen LogP) is 0.865. The Morgan fingerprint density at radius 1 is 1.53 bits per heavy atom. The number of aromatic nitrogens is 2. The number of hydrogen-bond donors (Lipinski definition) is 1. The third-order valence-electron chi connectivity index (χ3n) is 2.20. The highest BCUT2D eigenvalue weighted by Crippen LogP contribution is 2.21. The van der Waals surface area contributed by atoms with Gasteiger partial charge in [-0.15, -0.1) is 16.6 Å². The van der Waals surface area contributed by atoms with E-state index in [2.05, 4.69) is 21.4 Å². The van der Waals surface area contributed by atoms with Gasteiger partial charge in [-0.05, 0) is 18.2 Å². The van der Waals surface area contributed by atoms with E-state index in [0.29, 0.717) is 11.6 Å². The van der Waals surface area contributed by atoms with Crippen LogP contribution in [0.2, 0.25) is 0 Å². The molecular formula is C13H11N3O3. The third-order valence-corrected chi connectivity index (χ3v) is 2.20. The van der Waals surface area contributed by atoms with Gasteiger partial charge in [0.25, 0.3) is 5.91 Å². The molecule has 0 atom stereocenters. The van der Waals surface area contributed by atoms with Crippen molar-refractivity contribution >= 4 is 5.91 Å². The lowest BCUT2D eigenvalue weighted by atomic mass is 10.2. The van der Waals surface area contributed by atoms with Gasteiger partial charge in [0.2, 0.25) is 12.3 Å². The van der Waals surface area contributed by atoms with Gasteiger partial charge in [0, 0.05) is 5.56 Å². The van der Waals surface area contributed by atoms with Crippen LogP contribution in [0.4, 0.5) is 0 Å². The molecule has 0 fully saturated rings. The smallest absolute Gasteiger partial charge is 0.258 e. The maximum absolute atomic E-state index is 11.3. The van der Waals surface area contributed by atoms with Crippen LogP contribution in [0.15, 0.2) is 35.1 Å². The van der Waals surface area contributed by atoms with Crippen molar-refractivity contribution in [2.45, 2.75) is 0 Å². The van der Waals surface area contributed by atoms with Gasteiger partial charge in [-0.25, -0.2) is 0 Å². The first-order valence-corrected chi connectivity index (χ1v) is 5.49. The van der Waals surface area contributed by atoms with Crippen molar-refractivity contribution in [2.24, 2.45) is 0 Å². The molecule has 0 spiro atoms. The van der Waals surface area contributed by atoms with Gasteiger partial charge in [0.1, 0.15) is 5.75 Å². The van der Waals surface area contributed by atoms with Crippen molar-refractivity contribution in [2.75, 3.05) is 13.2 Å². The van der Waals surface area contributed by atoms with Gasteiger partial charge < -0.3 is 14.5 Å². The molecule has 1 aromatic carbocycles. The van der Waals surface area contributed by atoms with Crippen LogP contribution in [-0.2, 0) is 4.79 Å². The van der Waals surface area contributed by atoms with Crippen molar-refractivity contribution in [3.63, 3.8) is 0 Å². The summed E-state index contributed by atoms with van der Waals surface area (Å²) in [4.78, 5) is 11.3. The summed E-state index contributed by atoms with van der Waals surface area (Å²) >= 11 is 0. The molecular weight excluding hydrogens is 246 g/mol. The largest absolute Gasteiger partial charge is 0.484 e. The molecule has 6 nitrogen and oxygen atoms in total. The number of benzene rings is 1. The standard InChI is InChI=1S/C13H11N3O3/c1-2-6-14-12(17)8-18-11-5-3-4-10(7-11)13-16-15-9-19-13/h1,3-5,7,9H,6,8H2,(H,14,17). The van der Waals surface area contributed by atoms with Gasteiger partial charge in [0.05, 0.1) is 6.54 Å². The number of nitrogens with one attached hydrogen (secondary N) is 1. The fourth-order valence-electron chi connectivity index (χ4n) is 1.37. The van der Waals surface area contributed by atoms with Gasteiger partial charge in [-0.1, -0.05) is 12.0 Å². The van der Waals surface area contributed by atoms with Crippen molar-refractivity contribution < 1.29 is 13.9 Å². The molecule has 1 heterocycles. The third kappa shape index (κ3) is 3.57. The average Bonchev–Trinajstić information content (AvgIpc) is 2.97. The van der Waals surface area contributed by atoms with Crippen molar-refractivity contribution in [1.82, 2.24) is 15.5 Å². The maximum Gasteiger partial charge on any atom is 0.258 e. The van der Waals surface area contributed by atoms with Gasteiger partial charge >= 0.3 is 0 Å². The van der Waals surface area contributed by atoms with E-state index in [1.807, 2.05) is 0 Å². The number of ether oxygens (including phenoxy) is 1. The Kier molecular flexibility index (Phi) is 4.13. The van der Waals surface area contributed by atoms with E-state index in [1.54, 1.807) is 24.3 Å². The van der Waals surface area contributed by atoms with Crippen LogP contribution in [-0.4, -0.2) is 29.3 Å². The fourth-order valence-corrected chi connectivity index (χ4v) is 1.37. The van der Waals surface area contributed by atoms with Crippen molar-refractivity contribution in [3.8, 4) is 29.5 Å². The lowest BCUT2D eigenvalue weighted by Gasteiger charge is -2.06. The Bertz CT molecular complexity index is 587. The first-order chi connectivity index (χ1) is 9.29. The van der Waals surface area contributed by atoms with Crippen LogP contribution in [0.25, 0.3) is 11.5 Å². The van der Waals surface area contributed by atoms with Crippen LogP contribution >= 0.6 is 0 Å². The van der Waals surface area contributed by atoms with Crippen LogP contribution in [0, 0.1) is 12.3 Å². The SMILES string of the molecule is C#CCNC(=O)COc1cccc(-c2nnco2)c1. The van der Waals surface area contributed by atoms with E-state index < -0.39 is 0 Å². The van der Waals surface area contributed by atoms with E-state index in [-0.39, 0.29) is 19.1 Å². The fraction of sp³-hybridized carbons (Fsp3) is 0.154. The van der Waals surface area contributed by atoms with Crippen molar-refractivity contribution in [3.05, 3.63) is 30.7 Å². The number of terminal acetylenes is 1. The highest BCUT2D eigenvalue weighted by molar-refractivity contribution is 5.77. The van der Waals surface area contributed by atoms with Gasteiger partial charge in [0.15, 0.2) is 6.61 Å². The molecule has 2 rings (SSSR count). The number of carbonyl (C=O) groups is 1. The zero-order valence-corrected chi connectivity index (χ0v) is 10.00. The topological polar surface area (TPSA) is 77.2 Å². The Morgan fingerprint density at radius 3 is 3.16 bits per heavy atom. The molecule has 0 saturated carbocycles. The number of carbonyl (C=O) groups excluding carboxylic acids is 1. The predicted molar refractivity (Wildman–Crippen MR) is 67.1 cm³/mol. The molecule has 6 heteroatoms. The summed E-state index contributed by atoms with van der Waals surface area (Å²) < 4.78 is 10.4. The second kappa shape index (κ2) is 6.21. The summed E-state index contributed by atoms with van der Waals surface area (Å²) in [5, 5.41) is 9.89. The van der Waals surface area contributed by atoms with Crippen molar-refractivity contribution in [1.29, 1.82) is 0 Å². The molecule has 0 radical (unpaired) electrons. The molecule has 19 heavy (non-hydrogen) atoms. The molecule has 1 aromatic heterocycles. The van der Waals surface area contributed by atoms with Crippen LogP contribution < -0.4 is 10.1 Å². The quantitative estimate of drug-likeness (QED) is 0.804. The summed E-state index contributed by atoms with van der Waals surface area (Å²) in [6.45, 7) is 0.0825. The van der Waals surface area contributed by atoms with E-state index >= 15 is 0 Å². The molecule has 1 amide bonds. The zero-order chi connectivity index (χ0) is 13.5. The minimum Gasteiger partial charge on any atom is -0.484 e. The van der Waals surface area contributed by atoms with Crippen LogP contribution in [0.5, 0.6) is 5.75 Å². The number of amides is 1. The summed E-state index contributed by atoms with van der Waals surface area (Å²) in [6.07, 6.45) is 6.28. The summed E-state index contributed by atoms with van der Waals surface area (Å²) in [5.74, 6) is 2.96. The lowest BCUT2D eigenvalue weighted by molar-refractivity contribution is -0.122. The summed E-state index contributed by atoms with van der Waals surface area (Å²) in [6, 6.07) is 7.02. The minimum atomic E-state index is -0.277. The maximum atomic E-state index is 11.3. The first kappa shape index (κ1) is 12.6. The number of rotatable bonds is 5. The molecule has 96 valence electrons. The minimum absolute atomic E-state index is 0.102. The normalized spacial score (nSPS) is 9.63. The van der Waals surface area contributed by atoms with E-state index in [9.17, 15) is 4.79 Å². The number of hydrogen-bond acceptors (Lipinski definition) is 5. The van der Waals surface area contributed by atoms with E-state index in [1.165, 1.54) is 6.39 Å². The average molecular weight is 257 g/mol. The Morgan fingerprint density at radius 2 is 2.42 bits per heavy atom. The molecule has 1 N–H and O–H groups in total. The Hall–Kier alpha value is -2.81.